The number of piperazine rings is 1. The predicted octanol–water partition coefficient (Wildman–Crippen LogP) is 2.06. The van der Waals surface area contributed by atoms with Gasteiger partial charge in [-0.15, -0.1) is 24.8 Å². The van der Waals surface area contributed by atoms with E-state index in [-0.39, 0.29) is 30.7 Å². The van der Waals surface area contributed by atoms with Crippen molar-refractivity contribution in [1.82, 2.24) is 15.1 Å². The number of methoxy groups -OCH3 is 1. The Morgan fingerprint density at radius 2 is 1.79 bits per heavy atom. The van der Waals surface area contributed by atoms with E-state index >= 15 is 0 Å². The minimum Gasteiger partial charge on any atom is -0.383 e. The maximum absolute atomic E-state index is 12.1. The van der Waals surface area contributed by atoms with Crippen LogP contribution in [-0.2, 0) is 16.1 Å². The lowest BCUT2D eigenvalue weighted by Crippen LogP contribution is -2.50. The van der Waals surface area contributed by atoms with Crippen LogP contribution in [0.3, 0.4) is 0 Å². The van der Waals surface area contributed by atoms with Gasteiger partial charge in [0, 0.05) is 51.4 Å². The van der Waals surface area contributed by atoms with Crippen molar-refractivity contribution in [3.8, 4) is 0 Å². The molecule has 1 amide bonds. The van der Waals surface area contributed by atoms with Crippen LogP contribution in [0.2, 0.25) is 5.02 Å². The fourth-order valence-electron chi connectivity index (χ4n) is 2.48. The standard InChI is InChI=1S/C16H24ClN3O2.2ClH/c1-22-11-6-18-12-16(21)20-9-7-19(8-10-20)13-14-2-4-15(17)5-3-14;;/h2-5,18H,6-13H2,1H3;2*1H. The van der Waals surface area contributed by atoms with Crippen LogP contribution in [0.5, 0.6) is 0 Å². The molecule has 24 heavy (non-hydrogen) atoms. The van der Waals surface area contributed by atoms with Gasteiger partial charge in [-0.05, 0) is 17.7 Å². The van der Waals surface area contributed by atoms with Crippen LogP contribution in [0.15, 0.2) is 24.3 Å². The molecule has 0 spiro atoms. The fourth-order valence-corrected chi connectivity index (χ4v) is 2.61. The number of benzene rings is 1. The molecule has 0 atom stereocenters. The second-order valence-electron chi connectivity index (χ2n) is 5.45. The molecule has 0 radical (unpaired) electrons. The third-order valence-corrected chi connectivity index (χ3v) is 4.06. The summed E-state index contributed by atoms with van der Waals surface area (Å²) in [6.45, 7) is 6.03. The summed E-state index contributed by atoms with van der Waals surface area (Å²) in [4.78, 5) is 16.3. The molecule has 1 aromatic rings. The number of rotatable bonds is 7. The summed E-state index contributed by atoms with van der Waals surface area (Å²) < 4.78 is 4.94. The summed E-state index contributed by atoms with van der Waals surface area (Å²) in [6.07, 6.45) is 0. The number of halogens is 3. The van der Waals surface area contributed by atoms with Crippen LogP contribution in [-0.4, -0.2) is 68.7 Å². The molecule has 8 heteroatoms. The van der Waals surface area contributed by atoms with Gasteiger partial charge in [0.25, 0.3) is 0 Å². The second kappa shape index (κ2) is 12.8. The van der Waals surface area contributed by atoms with Crippen molar-refractivity contribution in [3.05, 3.63) is 34.9 Å². The zero-order chi connectivity index (χ0) is 15.8. The average Bonchev–Trinajstić information content (AvgIpc) is 2.54. The molecule has 5 nitrogen and oxygen atoms in total. The summed E-state index contributed by atoms with van der Waals surface area (Å²) in [5.41, 5.74) is 1.26. The van der Waals surface area contributed by atoms with Gasteiger partial charge < -0.3 is 15.0 Å². The fraction of sp³-hybridized carbons (Fsp3) is 0.562. The van der Waals surface area contributed by atoms with Gasteiger partial charge in [0.15, 0.2) is 0 Å². The molecule has 0 bridgehead atoms. The molecule has 1 aliphatic heterocycles. The number of carbonyl (C=O) groups is 1. The zero-order valence-corrected chi connectivity index (χ0v) is 16.3. The number of hydrogen-bond acceptors (Lipinski definition) is 4. The number of nitrogens with one attached hydrogen (secondary N) is 1. The minimum absolute atomic E-state index is 0. The van der Waals surface area contributed by atoms with Crippen LogP contribution in [0.4, 0.5) is 0 Å². The SMILES string of the molecule is COCCNCC(=O)N1CCN(Cc2ccc(Cl)cc2)CC1.Cl.Cl. The van der Waals surface area contributed by atoms with Crippen LogP contribution < -0.4 is 5.32 Å². The van der Waals surface area contributed by atoms with E-state index in [1.165, 1.54) is 5.56 Å². The van der Waals surface area contributed by atoms with Crippen LogP contribution in [0.25, 0.3) is 0 Å². The van der Waals surface area contributed by atoms with Gasteiger partial charge in [-0.25, -0.2) is 0 Å². The van der Waals surface area contributed by atoms with Crippen molar-refractivity contribution in [3.63, 3.8) is 0 Å². The normalized spacial score (nSPS) is 14.7. The molecule has 1 fully saturated rings. The molecule has 2 rings (SSSR count). The van der Waals surface area contributed by atoms with E-state index in [1.807, 2.05) is 17.0 Å². The first kappa shape index (κ1) is 23.4. The molecule has 1 aromatic carbocycles. The first-order valence-electron chi connectivity index (χ1n) is 7.63. The van der Waals surface area contributed by atoms with Crippen molar-refractivity contribution in [1.29, 1.82) is 0 Å². The molecule has 138 valence electrons. The Balaban J connectivity index is 0.00000264. The maximum Gasteiger partial charge on any atom is 0.236 e. The molecule has 0 aromatic heterocycles. The number of hydrogen-bond donors (Lipinski definition) is 1. The lowest BCUT2D eigenvalue weighted by atomic mass is 10.2. The monoisotopic (exact) mass is 397 g/mol. The first-order valence-corrected chi connectivity index (χ1v) is 8.01. The van der Waals surface area contributed by atoms with E-state index in [2.05, 4.69) is 22.3 Å². The Kier molecular flexibility index (Phi) is 12.5. The van der Waals surface area contributed by atoms with Gasteiger partial charge in [-0.1, -0.05) is 23.7 Å². The van der Waals surface area contributed by atoms with Gasteiger partial charge in [0.2, 0.25) is 5.91 Å². The van der Waals surface area contributed by atoms with E-state index in [0.29, 0.717) is 19.7 Å². The van der Waals surface area contributed by atoms with E-state index < -0.39 is 0 Å². The summed E-state index contributed by atoms with van der Waals surface area (Å²) in [5.74, 6) is 0.169. The van der Waals surface area contributed by atoms with Gasteiger partial charge in [0.1, 0.15) is 0 Å². The minimum atomic E-state index is 0. The third-order valence-electron chi connectivity index (χ3n) is 3.80. The lowest BCUT2D eigenvalue weighted by Gasteiger charge is -2.34. The summed E-state index contributed by atoms with van der Waals surface area (Å²) in [7, 11) is 1.66. The maximum atomic E-state index is 12.1. The van der Waals surface area contributed by atoms with Crippen LogP contribution >= 0.6 is 36.4 Å². The molecular formula is C16H26Cl3N3O2. The number of amides is 1. The topological polar surface area (TPSA) is 44.8 Å². The Bertz CT molecular complexity index is 466. The van der Waals surface area contributed by atoms with Crippen molar-refractivity contribution < 1.29 is 9.53 Å². The zero-order valence-electron chi connectivity index (χ0n) is 13.9. The highest BCUT2D eigenvalue weighted by atomic mass is 35.5. The summed E-state index contributed by atoms with van der Waals surface area (Å²) in [5, 5.41) is 3.86. The molecule has 1 saturated heterocycles. The number of nitrogens with zero attached hydrogens (tertiary/aromatic N) is 2. The van der Waals surface area contributed by atoms with Gasteiger partial charge >= 0.3 is 0 Å². The molecule has 1 heterocycles. The van der Waals surface area contributed by atoms with Crippen LogP contribution in [0.1, 0.15) is 5.56 Å². The van der Waals surface area contributed by atoms with Gasteiger partial charge in [-0.3, -0.25) is 9.69 Å². The van der Waals surface area contributed by atoms with E-state index in [1.54, 1.807) is 7.11 Å². The highest BCUT2D eigenvalue weighted by molar-refractivity contribution is 6.30. The van der Waals surface area contributed by atoms with Crippen molar-refractivity contribution in [2.75, 3.05) is 53.0 Å². The Morgan fingerprint density at radius 1 is 1.17 bits per heavy atom. The highest BCUT2D eigenvalue weighted by Gasteiger charge is 2.20. The van der Waals surface area contributed by atoms with E-state index in [0.717, 1.165) is 37.7 Å². The number of ether oxygens (including phenoxy) is 1. The van der Waals surface area contributed by atoms with E-state index in [9.17, 15) is 4.79 Å². The largest absolute Gasteiger partial charge is 0.383 e. The van der Waals surface area contributed by atoms with Gasteiger partial charge in [0.05, 0.1) is 13.2 Å². The van der Waals surface area contributed by atoms with Crippen LogP contribution in [0, 0.1) is 0 Å². The predicted molar refractivity (Wildman–Crippen MR) is 103 cm³/mol. The van der Waals surface area contributed by atoms with Crippen molar-refractivity contribution in [2.24, 2.45) is 0 Å². The smallest absolute Gasteiger partial charge is 0.236 e. The highest BCUT2D eigenvalue weighted by Crippen LogP contribution is 2.12. The Hall–Kier alpha value is -0.560. The quantitative estimate of drug-likeness (QED) is 0.714. The second-order valence-corrected chi connectivity index (χ2v) is 5.89. The van der Waals surface area contributed by atoms with Gasteiger partial charge in [-0.2, -0.15) is 0 Å². The molecule has 0 aliphatic carbocycles. The number of carbonyl (C=O) groups excluding carboxylic acids is 1. The Labute approximate surface area is 161 Å². The molecule has 0 unspecified atom stereocenters. The average molecular weight is 399 g/mol. The van der Waals surface area contributed by atoms with Crippen molar-refractivity contribution in [2.45, 2.75) is 6.54 Å². The summed E-state index contributed by atoms with van der Waals surface area (Å²) in [6, 6.07) is 7.95. The third kappa shape index (κ3) is 8.01. The molecular weight excluding hydrogens is 373 g/mol. The summed E-state index contributed by atoms with van der Waals surface area (Å²) >= 11 is 5.90. The van der Waals surface area contributed by atoms with E-state index in [4.69, 9.17) is 16.3 Å². The molecule has 1 N–H and O–H groups in total. The Morgan fingerprint density at radius 3 is 2.38 bits per heavy atom. The first-order chi connectivity index (χ1) is 10.7. The molecule has 0 saturated carbocycles. The molecule has 1 aliphatic rings. The van der Waals surface area contributed by atoms with Crippen molar-refractivity contribution >= 4 is 42.3 Å². The lowest BCUT2D eigenvalue weighted by molar-refractivity contribution is -0.132.